The molecule has 0 fully saturated rings. The molecule has 0 bridgehead atoms. The maximum Gasteiger partial charge on any atom is 0.381 e. The molecular weight excluding hydrogens is 351 g/mol. The summed E-state index contributed by atoms with van der Waals surface area (Å²) < 4.78 is 0. The van der Waals surface area contributed by atoms with E-state index in [0.717, 1.165) is 0 Å². The van der Waals surface area contributed by atoms with Gasteiger partial charge in [-0.25, -0.2) is 0 Å². The van der Waals surface area contributed by atoms with Crippen molar-refractivity contribution < 1.29 is 19.8 Å². The van der Waals surface area contributed by atoms with E-state index in [1.807, 2.05) is 0 Å². The first-order valence-corrected chi connectivity index (χ1v) is 5.22. The summed E-state index contributed by atoms with van der Waals surface area (Å²) in [5.74, 6) is -0.194. The summed E-state index contributed by atoms with van der Waals surface area (Å²) in [7, 11) is 0. The van der Waals surface area contributed by atoms with Gasteiger partial charge in [-0.1, -0.05) is 36.4 Å². The summed E-state index contributed by atoms with van der Waals surface area (Å²) in [6, 6.07) is 15.7. The zero-order chi connectivity index (χ0) is 13.4. The van der Waals surface area contributed by atoms with Gasteiger partial charge in [0, 0.05) is 36.0 Å². The Hall–Kier alpha value is -1.82. The Kier molecular flexibility index (Phi) is 8.28. The minimum Gasteiger partial charge on any atom is -0.500 e. The van der Waals surface area contributed by atoms with E-state index in [2.05, 4.69) is 0 Å². The molecule has 0 aliphatic heterocycles. The van der Waals surface area contributed by atoms with Gasteiger partial charge in [0.2, 0.25) is 11.5 Å². The molecule has 0 aliphatic rings. The van der Waals surface area contributed by atoms with Crippen molar-refractivity contribution in [3.63, 3.8) is 0 Å². The summed E-state index contributed by atoms with van der Waals surface area (Å²) >= 11 is 0. The zero-order valence-electron chi connectivity index (χ0n) is 10.1. The monoisotopic (exact) mass is 366 g/mol. The summed E-state index contributed by atoms with van der Waals surface area (Å²) in [6.07, 6.45) is 0. The van der Waals surface area contributed by atoms with Crippen LogP contribution in [0.1, 0.15) is 0 Å². The quantitative estimate of drug-likeness (QED) is 0.524. The van der Waals surface area contributed by atoms with E-state index in [-0.39, 0.29) is 46.3 Å². The third-order valence-electron chi connectivity index (χ3n) is 1.99. The second-order valence-electron chi connectivity index (χ2n) is 3.36. The SMILES string of the molecule is Oc1cccccc1=[OH+].Oc1cccccc1=[OH+].[Sn]. The molecule has 0 spiro atoms. The zero-order valence-corrected chi connectivity index (χ0v) is 12.9. The van der Waals surface area contributed by atoms with Crippen molar-refractivity contribution in [3.05, 3.63) is 71.5 Å². The van der Waals surface area contributed by atoms with Gasteiger partial charge < -0.3 is 10.2 Å². The predicted octanol–water partition coefficient (Wildman–Crippen LogP) is 0.413. The van der Waals surface area contributed by atoms with Gasteiger partial charge in [-0.3, -0.25) is 9.59 Å². The standard InChI is InChI=1S/2C7H6O2.Sn/c2*8-6-4-2-1-3-5-7(6)9;/h2*1-5H,(H,8,9);/p+2. The van der Waals surface area contributed by atoms with Crippen molar-refractivity contribution in [2.45, 2.75) is 0 Å². The summed E-state index contributed by atoms with van der Waals surface area (Å²) in [5.41, 5.74) is -0.194. The molecule has 4 N–H and O–H groups in total. The second kappa shape index (κ2) is 9.15. The van der Waals surface area contributed by atoms with E-state index in [1.54, 1.807) is 36.4 Å². The van der Waals surface area contributed by atoms with E-state index in [0.29, 0.717) is 0 Å². The van der Waals surface area contributed by atoms with Gasteiger partial charge in [-0.15, -0.1) is 0 Å². The molecule has 0 atom stereocenters. The minimum atomic E-state index is -0.0972. The van der Waals surface area contributed by atoms with Crippen LogP contribution < -0.4 is 10.9 Å². The van der Waals surface area contributed by atoms with Crippen LogP contribution in [0.3, 0.4) is 0 Å². The Labute approximate surface area is 127 Å². The average molecular weight is 365 g/mol. The number of rotatable bonds is 0. The minimum absolute atomic E-state index is 0. The Morgan fingerprint density at radius 1 is 0.579 bits per heavy atom. The summed E-state index contributed by atoms with van der Waals surface area (Å²) in [5, 5.41) is 17.7. The predicted molar refractivity (Wildman–Crippen MR) is 72.1 cm³/mol. The molecule has 96 valence electrons. The topological polar surface area (TPSA) is 83.3 Å². The van der Waals surface area contributed by atoms with E-state index in [1.165, 1.54) is 24.3 Å². The van der Waals surface area contributed by atoms with Crippen LogP contribution >= 0.6 is 0 Å². The van der Waals surface area contributed by atoms with Crippen LogP contribution in [-0.2, 0) is 0 Å². The van der Waals surface area contributed by atoms with Crippen LogP contribution in [0.4, 0.5) is 0 Å². The van der Waals surface area contributed by atoms with Gasteiger partial charge in [0.25, 0.3) is 0 Å². The normalized spacial score (nSPS) is 8.42. The molecule has 5 heteroatoms. The van der Waals surface area contributed by atoms with Crippen molar-refractivity contribution in [2.24, 2.45) is 0 Å². The molecule has 0 amide bonds. The van der Waals surface area contributed by atoms with Crippen LogP contribution in [0, 0.1) is 0 Å². The molecule has 0 aromatic heterocycles. The van der Waals surface area contributed by atoms with Crippen molar-refractivity contribution in [2.75, 3.05) is 0 Å². The Morgan fingerprint density at radius 2 is 0.895 bits per heavy atom. The van der Waals surface area contributed by atoms with Crippen LogP contribution in [0.15, 0.2) is 60.7 Å². The van der Waals surface area contributed by atoms with Gasteiger partial charge >= 0.3 is 10.9 Å². The smallest absolute Gasteiger partial charge is 0.381 e. The third kappa shape index (κ3) is 6.61. The molecule has 4 radical (unpaired) electrons. The second-order valence-corrected chi connectivity index (χ2v) is 3.36. The van der Waals surface area contributed by atoms with Crippen molar-refractivity contribution in [3.8, 4) is 11.5 Å². The fourth-order valence-electron chi connectivity index (χ4n) is 1.06. The van der Waals surface area contributed by atoms with Crippen LogP contribution in [-0.4, -0.2) is 43.7 Å². The van der Waals surface area contributed by atoms with Crippen LogP contribution in [0.25, 0.3) is 0 Å². The number of hydrogen-bond acceptors (Lipinski definition) is 2. The number of hydrogen-bond donors (Lipinski definition) is 2. The van der Waals surface area contributed by atoms with E-state index in [9.17, 15) is 0 Å². The van der Waals surface area contributed by atoms with Crippen LogP contribution in [0.5, 0.6) is 11.5 Å². The van der Waals surface area contributed by atoms with Gasteiger partial charge in [0.15, 0.2) is 0 Å². The first kappa shape index (κ1) is 17.2. The first-order chi connectivity index (χ1) is 8.61. The van der Waals surface area contributed by atoms with Gasteiger partial charge in [0.1, 0.15) is 0 Å². The maximum absolute atomic E-state index is 8.83. The van der Waals surface area contributed by atoms with E-state index >= 15 is 0 Å². The maximum atomic E-state index is 8.83. The molecule has 0 unspecified atom stereocenters. The van der Waals surface area contributed by atoms with Crippen molar-refractivity contribution >= 4 is 23.9 Å². The van der Waals surface area contributed by atoms with Crippen LogP contribution in [0.2, 0.25) is 0 Å². The Balaban J connectivity index is 0.000000324. The molecular formula is C14H14O4Sn+2. The molecule has 0 heterocycles. The summed E-state index contributed by atoms with van der Waals surface area (Å²) in [4.78, 5) is 17.7. The molecule has 2 rings (SSSR count). The van der Waals surface area contributed by atoms with E-state index < -0.39 is 0 Å². The molecule has 0 saturated heterocycles. The molecule has 4 nitrogen and oxygen atoms in total. The summed E-state index contributed by atoms with van der Waals surface area (Å²) in [6.45, 7) is 0. The average Bonchev–Trinajstić information content (AvgIpc) is 2.65. The Bertz CT molecular complexity index is 572. The molecule has 0 aliphatic carbocycles. The molecule has 2 aromatic rings. The first-order valence-electron chi connectivity index (χ1n) is 5.22. The Morgan fingerprint density at radius 3 is 1.26 bits per heavy atom. The van der Waals surface area contributed by atoms with Crippen molar-refractivity contribution in [1.29, 1.82) is 0 Å². The van der Waals surface area contributed by atoms with Gasteiger partial charge in [-0.05, 0) is 12.1 Å². The molecule has 19 heavy (non-hydrogen) atoms. The fraction of sp³-hybridized carbons (Fsp3) is 0. The largest absolute Gasteiger partial charge is 0.500 e. The van der Waals surface area contributed by atoms with Crippen molar-refractivity contribution in [1.82, 2.24) is 0 Å². The fourth-order valence-corrected chi connectivity index (χ4v) is 1.06. The molecule has 0 saturated carbocycles. The van der Waals surface area contributed by atoms with E-state index in [4.69, 9.17) is 19.8 Å². The molecule has 2 aromatic carbocycles. The van der Waals surface area contributed by atoms with Gasteiger partial charge in [0.05, 0.1) is 0 Å². The third-order valence-corrected chi connectivity index (χ3v) is 1.99. The number of aromatic hydroxyl groups is 2. The van der Waals surface area contributed by atoms with Gasteiger partial charge in [-0.2, -0.15) is 0 Å².